The van der Waals surface area contributed by atoms with Gasteiger partial charge in [-0.2, -0.15) is 0 Å². The second-order valence-corrected chi connectivity index (χ2v) is 14.9. The smallest absolute Gasteiger partial charge is 0.872 e. The molecule has 2 radical (unpaired) electrons. The average molecular weight is 943 g/mol. The van der Waals surface area contributed by atoms with Gasteiger partial charge in [0.15, 0.2) is 0 Å². The van der Waals surface area contributed by atoms with Crippen molar-refractivity contribution in [3.63, 3.8) is 0 Å². The Labute approximate surface area is 363 Å². The number of hydrogen-bond acceptors (Lipinski definition) is 16. The maximum Gasteiger partial charge on any atom is 2.00 e. The van der Waals surface area contributed by atoms with Gasteiger partial charge in [0.1, 0.15) is 0 Å². The van der Waals surface area contributed by atoms with E-state index in [1.165, 1.54) is 0 Å². The number of hydrogen-bond donors (Lipinski definition) is 2. The molecule has 0 saturated carbocycles. The molecule has 6 bridgehead atoms. The molecule has 3 aliphatic rings. The van der Waals surface area contributed by atoms with Gasteiger partial charge in [-0.05, 0) is 92.6 Å². The molecule has 322 valence electrons. The van der Waals surface area contributed by atoms with Crippen molar-refractivity contribution in [1.82, 2.24) is 20.4 Å². The number of aliphatic imine (C=N–C) groups is 2. The van der Waals surface area contributed by atoms with Crippen LogP contribution in [0.1, 0.15) is 46.2 Å². The first-order chi connectivity index (χ1) is 26.4. The quantitative estimate of drug-likeness (QED) is 0.157. The third kappa shape index (κ3) is 18.2. The molecule has 20 heteroatoms. The number of halogens is 2. The Hall–Kier alpha value is -2.78. The summed E-state index contributed by atoms with van der Waals surface area (Å²) in [6.45, 7) is 12.3. The predicted octanol–water partition coefficient (Wildman–Crippen LogP) is -4.82. The number of rotatable bonds is 0. The van der Waals surface area contributed by atoms with Crippen LogP contribution in [0.5, 0.6) is 11.5 Å². The standard InChI is InChI=1S/C38H46N6O2.2ClHO4.2Cu/c1-27-19-30-23-41-34-9-3-7-29-8-4-10-35(36(29)34)42-24-31-20-28(2)22-33(38(31)46)26-44-16-6-12-39-13-17-43(15-5-11-40-14-18-44)25-32(21-27)37(30)45;2*2-1(3,4)5;;/h3-4,7-10,19-24,39-40,45-46H,5-6,11-18,25-26H2,1-2H3;2*(H,2,3,4,5);;/q;;;2*+2/p-4. The van der Waals surface area contributed by atoms with E-state index in [4.69, 9.17) is 47.3 Å². The first-order valence-electron chi connectivity index (χ1n) is 17.7. The van der Waals surface area contributed by atoms with Crippen LogP contribution in [0.2, 0.25) is 0 Å². The molecule has 4 aromatic rings. The topological polar surface area (TPSA) is 286 Å². The van der Waals surface area contributed by atoms with Gasteiger partial charge in [-0.15, -0.1) is 20.5 Å². The molecule has 16 nitrogen and oxygen atoms in total. The number of nitrogens with one attached hydrogen (secondary N) is 2. The second-order valence-electron chi connectivity index (χ2n) is 13.4. The van der Waals surface area contributed by atoms with Crippen LogP contribution >= 0.6 is 0 Å². The Bertz CT molecular complexity index is 1810. The minimum absolute atomic E-state index is 0. The molecular formula is C38H44Cl2Cu2N6O10. The summed E-state index contributed by atoms with van der Waals surface area (Å²) in [6, 6.07) is 19.8. The van der Waals surface area contributed by atoms with E-state index in [-0.39, 0.29) is 45.6 Å². The summed E-state index contributed by atoms with van der Waals surface area (Å²) >= 11 is 0. The fourth-order valence-electron chi connectivity index (χ4n) is 6.58. The Morgan fingerprint density at radius 3 is 1.31 bits per heavy atom. The monoisotopic (exact) mass is 940 g/mol. The van der Waals surface area contributed by atoms with Crippen LogP contribution in [0.15, 0.2) is 70.6 Å². The van der Waals surface area contributed by atoms with Crippen LogP contribution in [0.3, 0.4) is 0 Å². The van der Waals surface area contributed by atoms with Crippen LogP contribution in [0.4, 0.5) is 11.4 Å². The second kappa shape index (κ2) is 24.5. The van der Waals surface area contributed by atoms with Crippen molar-refractivity contribution in [1.29, 1.82) is 0 Å². The zero-order valence-electron chi connectivity index (χ0n) is 31.6. The number of benzene rings is 4. The first-order valence-corrected chi connectivity index (χ1v) is 20.2. The third-order valence-corrected chi connectivity index (χ3v) is 8.88. The molecule has 2 unspecified atom stereocenters. The summed E-state index contributed by atoms with van der Waals surface area (Å²) in [5.41, 5.74) is 6.32. The maximum absolute atomic E-state index is 13.8. The van der Waals surface area contributed by atoms with Gasteiger partial charge in [-0.25, -0.2) is 37.3 Å². The molecule has 0 aromatic heterocycles. The minimum atomic E-state index is -4.94. The average Bonchev–Trinajstić information content (AvgIpc) is 3.10. The van der Waals surface area contributed by atoms with Crippen LogP contribution in [-0.4, -0.2) is 74.6 Å². The van der Waals surface area contributed by atoms with Crippen LogP contribution < -0.4 is 58.1 Å². The molecule has 1 fully saturated rings. The Morgan fingerprint density at radius 2 is 0.931 bits per heavy atom. The number of nitrogens with zero attached hydrogens (tertiary/aromatic N) is 4. The molecule has 7 rings (SSSR count). The molecule has 3 aliphatic heterocycles. The van der Waals surface area contributed by atoms with Crippen molar-refractivity contribution in [2.45, 2.75) is 39.8 Å². The van der Waals surface area contributed by atoms with E-state index in [1.807, 2.05) is 74.5 Å². The largest absolute Gasteiger partial charge is 2.00 e. The summed E-state index contributed by atoms with van der Waals surface area (Å²) in [5, 5.41) is 36.6. The third-order valence-electron chi connectivity index (χ3n) is 8.88. The Morgan fingerprint density at radius 1 is 0.552 bits per heavy atom. The van der Waals surface area contributed by atoms with E-state index in [1.54, 1.807) is 12.4 Å². The zero-order valence-corrected chi connectivity index (χ0v) is 35.0. The molecular weight excluding hydrogens is 898 g/mol. The fraction of sp³-hybridized carbons (Fsp3) is 0.368. The molecule has 58 heavy (non-hydrogen) atoms. The van der Waals surface area contributed by atoms with Gasteiger partial charge in [0, 0.05) is 57.1 Å². The zero-order chi connectivity index (χ0) is 40.9. The summed E-state index contributed by atoms with van der Waals surface area (Å²) in [5.74, 6) is 0.0463. The van der Waals surface area contributed by atoms with Gasteiger partial charge in [0.2, 0.25) is 0 Å². The molecule has 2 atom stereocenters. The van der Waals surface area contributed by atoms with Gasteiger partial charge in [0.25, 0.3) is 0 Å². The van der Waals surface area contributed by atoms with E-state index < -0.39 is 20.5 Å². The number of fused-ring (bicyclic) bond motifs is 10. The normalized spacial score (nSPS) is 18.0. The number of aryl methyl sites for hydroxylation is 2. The molecule has 0 amide bonds. The SMILES string of the molecule is Cc1cc2c([O-])c(c1)CN1CCCNCCN(CCCNCC1)Cc1cc(C)cc(c1[O-])C=Nc1cccc3cccc(c13)N=C2.[Cu+2].[Cu+2].[O-][Cl+3]([O-])([O-])[O-].[O-][Cl+3]([O-])([O-])[O-]. The van der Waals surface area contributed by atoms with Gasteiger partial charge in [-0.3, -0.25) is 19.8 Å². The van der Waals surface area contributed by atoms with Crippen LogP contribution in [0.25, 0.3) is 10.8 Å². The van der Waals surface area contributed by atoms with Crippen molar-refractivity contribution in [2.75, 3.05) is 52.4 Å². The van der Waals surface area contributed by atoms with Gasteiger partial charge >= 0.3 is 34.1 Å². The predicted molar refractivity (Wildman–Crippen MR) is 185 cm³/mol. The minimum Gasteiger partial charge on any atom is -0.872 e. The van der Waals surface area contributed by atoms with E-state index in [9.17, 15) is 10.2 Å². The van der Waals surface area contributed by atoms with E-state index in [2.05, 4.69) is 20.4 Å². The first kappa shape index (κ1) is 51.4. The molecule has 0 aliphatic carbocycles. The summed E-state index contributed by atoms with van der Waals surface area (Å²) in [7, 11) is -9.89. The van der Waals surface area contributed by atoms with E-state index >= 15 is 0 Å². The van der Waals surface area contributed by atoms with Gasteiger partial charge in [-0.1, -0.05) is 71.2 Å². The van der Waals surface area contributed by atoms with E-state index in [0.717, 1.165) is 110 Å². The van der Waals surface area contributed by atoms with Crippen molar-refractivity contribution in [2.24, 2.45) is 9.98 Å². The molecule has 3 heterocycles. The molecule has 0 spiro atoms. The maximum atomic E-state index is 13.8. The van der Waals surface area contributed by atoms with Crippen LogP contribution in [-0.2, 0) is 47.2 Å². The molecule has 1 saturated heterocycles. The molecule has 4 aromatic carbocycles. The fourth-order valence-corrected chi connectivity index (χ4v) is 6.58. The van der Waals surface area contributed by atoms with Crippen molar-refractivity contribution in [3.05, 3.63) is 94.0 Å². The van der Waals surface area contributed by atoms with Gasteiger partial charge < -0.3 is 20.8 Å². The summed E-state index contributed by atoms with van der Waals surface area (Å²) in [4.78, 5) is 14.5. The van der Waals surface area contributed by atoms with Crippen molar-refractivity contribution in [3.8, 4) is 11.5 Å². The molecule has 2 N–H and O–H groups in total. The van der Waals surface area contributed by atoms with Crippen molar-refractivity contribution >= 4 is 34.6 Å². The summed E-state index contributed by atoms with van der Waals surface area (Å²) < 4.78 is 67.9. The van der Waals surface area contributed by atoms with Gasteiger partial charge in [0.05, 0.1) is 11.4 Å². The van der Waals surface area contributed by atoms with Crippen molar-refractivity contribution < 1.29 is 102 Å². The van der Waals surface area contributed by atoms with Crippen LogP contribution in [0, 0.1) is 34.3 Å². The Balaban J connectivity index is 0.000000866. The van der Waals surface area contributed by atoms with E-state index in [0.29, 0.717) is 24.2 Å². The Kier molecular flexibility index (Phi) is 21.7. The summed E-state index contributed by atoms with van der Waals surface area (Å²) in [6.07, 6.45) is 5.37.